The molecule has 0 aliphatic rings. The van der Waals surface area contributed by atoms with Crippen LogP contribution in [-0.2, 0) is 11.2 Å². The summed E-state index contributed by atoms with van der Waals surface area (Å²) in [4.78, 5) is 12.2. The number of thiophene rings is 1. The van der Waals surface area contributed by atoms with E-state index in [0.717, 1.165) is 20.0 Å². The Balaban J connectivity index is 2.34. The van der Waals surface area contributed by atoms with E-state index in [4.69, 9.17) is 23.2 Å². The van der Waals surface area contributed by atoms with Gasteiger partial charge in [-0.1, -0.05) is 11.6 Å². The van der Waals surface area contributed by atoms with Crippen molar-refractivity contribution in [3.63, 3.8) is 0 Å². The molecule has 0 aliphatic carbocycles. The Morgan fingerprint density at radius 1 is 1.33 bits per heavy atom. The molecule has 0 radical (unpaired) electrons. The number of rotatable bonds is 3. The Hall–Kier alpha value is -0.570. The summed E-state index contributed by atoms with van der Waals surface area (Å²) in [5, 5.41) is 1.81. The minimum Gasteiger partial charge on any atom is -0.298 e. The Morgan fingerprint density at radius 2 is 2.13 bits per heavy atom. The normalized spacial score (nSPS) is 10.8. The Labute approximate surface area is 102 Å². The van der Waals surface area contributed by atoms with Crippen molar-refractivity contribution < 1.29 is 4.79 Å². The molecule has 2 rings (SSSR count). The molecule has 0 aliphatic heterocycles. The third-order valence-electron chi connectivity index (χ3n) is 2.05. The van der Waals surface area contributed by atoms with Gasteiger partial charge >= 0.3 is 0 Å². The molecule has 78 valence electrons. The minimum absolute atomic E-state index is 0.0503. The molecule has 0 atom stereocenters. The van der Waals surface area contributed by atoms with Gasteiger partial charge in [0.1, 0.15) is 0 Å². The predicted molar refractivity (Wildman–Crippen MR) is 66.3 cm³/mol. The molecule has 0 N–H and O–H groups in total. The zero-order valence-corrected chi connectivity index (χ0v) is 10.1. The van der Waals surface area contributed by atoms with Crippen LogP contribution in [0.1, 0.15) is 4.88 Å². The third-order valence-corrected chi connectivity index (χ3v) is 3.70. The van der Waals surface area contributed by atoms with Gasteiger partial charge < -0.3 is 0 Å². The first-order valence-corrected chi connectivity index (χ1v) is 6.17. The highest BCUT2D eigenvalue weighted by Crippen LogP contribution is 2.28. The number of benzene rings is 1. The summed E-state index contributed by atoms with van der Waals surface area (Å²) >= 11 is 12.9. The van der Waals surface area contributed by atoms with Crippen LogP contribution < -0.4 is 0 Å². The molecule has 0 saturated carbocycles. The number of ketones is 1. The van der Waals surface area contributed by atoms with E-state index in [1.807, 2.05) is 24.3 Å². The second-order valence-electron chi connectivity index (χ2n) is 3.24. The van der Waals surface area contributed by atoms with E-state index in [1.165, 1.54) is 0 Å². The molecule has 0 saturated heterocycles. The van der Waals surface area contributed by atoms with Crippen molar-refractivity contribution in [2.45, 2.75) is 6.42 Å². The van der Waals surface area contributed by atoms with Crippen LogP contribution in [0.5, 0.6) is 0 Å². The highest BCUT2D eigenvalue weighted by atomic mass is 35.5. The van der Waals surface area contributed by atoms with Crippen LogP contribution in [0.25, 0.3) is 10.1 Å². The Bertz CT molecular complexity index is 504. The molecule has 0 bridgehead atoms. The fourth-order valence-electron chi connectivity index (χ4n) is 1.40. The molecule has 1 aromatic carbocycles. The molecule has 0 amide bonds. The number of carbonyl (C=O) groups excluding carboxylic acids is 1. The fourth-order valence-corrected chi connectivity index (χ4v) is 2.75. The van der Waals surface area contributed by atoms with Crippen molar-refractivity contribution in [3.05, 3.63) is 34.2 Å². The van der Waals surface area contributed by atoms with Crippen molar-refractivity contribution in [1.29, 1.82) is 0 Å². The standard InChI is InChI=1S/C11H8Cl2OS/c12-6-9(14)5-10-4-7-3-8(13)1-2-11(7)15-10/h1-4H,5-6H2. The average molecular weight is 259 g/mol. The zero-order valence-electron chi connectivity index (χ0n) is 7.80. The van der Waals surface area contributed by atoms with Gasteiger partial charge in [0.15, 0.2) is 5.78 Å². The van der Waals surface area contributed by atoms with Crippen LogP contribution in [0, 0.1) is 0 Å². The highest BCUT2D eigenvalue weighted by Gasteiger charge is 2.06. The summed E-state index contributed by atoms with van der Waals surface area (Å²) in [7, 11) is 0. The first-order chi connectivity index (χ1) is 7.19. The van der Waals surface area contributed by atoms with Gasteiger partial charge in [-0.2, -0.15) is 0 Å². The summed E-state index contributed by atoms with van der Waals surface area (Å²) in [6, 6.07) is 7.73. The van der Waals surface area contributed by atoms with Gasteiger partial charge in [0.05, 0.1) is 5.88 Å². The monoisotopic (exact) mass is 258 g/mol. The van der Waals surface area contributed by atoms with Gasteiger partial charge in [-0.3, -0.25) is 4.79 Å². The molecule has 2 aromatic rings. The van der Waals surface area contributed by atoms with Gasteiger partial charge in [-0.25, -0.2) is 0 Å². The second-order valence-corrected chi connectivity index (χ2v) is 5.12. The maximum absolute atomic E-state index is 11.2. The van der Waals surface area contributed by atoms with Crippen molar-refractivity contribution in [1.82, 2.24) is 0 Å². The number of fused-ring (bicyclic) bond motifs is 1. The SMILES string of the molecule is O=C(CCl)Cc1cc2cc(Cl)ccc2s1. The maximum atomic E-state index is 11.2. The molecule has 0 spiro atoms. The van der Waals surface area contributed by atoms with E-state index in [-0.39, 0.29) is 11.7 Å². The van der Waals surface area contributed by atoms with Gasteiger partial charge in [0, 0.05) is 21.0 Å². The van der Waals surface area contributed by atoms with Crippen LogP contribution in [0.3, 0.4) is 0 Å². The number of Topliss-reactive ketones (excluding diaryl/α,β-unsaturated/α-hetero) is 1. The number of carbonyl (C=O) groups is 1. The first kappa shape index (κ1) is 10.9. The zero-order chi connectivity index (χ0) is 10.8. The minimum atomic E-state index is 0.0503. The van der Waals surface area contributed by atoms with Crippen molar-refractivity contribution in [3.8, 4) is 0 Å². The van der Waals surface area contributed by atoms with E-state index in [1.54, 1.807) is 11.3 Å². The Kier molecular flexibility index (Phi) is 3.29. The lowest BCUT2D eigenvalue weighted by Crippen LogP contribution is -2.01. The van der Waals surface area contributed by atoms with Crippen LogP contribution in [0.15, 0.2) is 24.3 Å². The molecular formula is C11H8Cl2OS. The molecule has 4 heteroatoms. The summed E-state index contributed by atoms with van der Waals surface area (Å²) in [6.07, 6.45) is 0.417. The van der Waals surface area contributed by atoms with Crippen LogP contribution in [0.4, 0.5) is 0 Å². The topological polar surface area (TPSA) is 17.1 Å². The quantitative estimate of drug-likeness (QED) is 0.764. The van der Waals surface area contributed by atoms with Gasteiger partial charge in [0.25, 0.3) is 0 Å². The second kappa shape index (κ2) is 4.52. The first-order valence-electron chi connectivity index (χ1n) is 4.44. The van der Waals surface area contributed by atoms with Gasteiger partial charge in [-0.15, -0.1) is 22.9 Å². The third kappa shape index (κ3) is 2.51. The van der Waals surface area contributed by atoms with Crippen LogP contribution in [-0.4, -0.2) is 11.7 Å². The van der Waals surface area contributed by atoms with Crippen LogP contribution in [0.2, 0.25) is 5.02 Å². The lowest BCUT2D eigenvalue weighted by Gasteiger charge is -1.90. The lowest BCUT2D eigenvalue weighted by molar-refractivity contribution is -0.116. The van der Waals surface area contributed by atoms with E-state index < -0.39 is 0 Å². The molecule has 0 fully saturated rings. The number of hydrogen-bond acceptors (Lipinski definition) is 2. The van der Waals surface area contributed by atoms with Crippen molar-refractivity contribution >= 4 is 50.4 Å². The smallest absolute Gasteiger partial charge is 0.152 e. The molecule has 0 unspecified atom stereocenters. The van der Waals surface area contributed by atoms with E-state index in [0.29, 0.717) is 6.42 Å². The summed E-state index contributed by atoms with van der Waals surface area (Å²) in [6.45, 7) is 0. The van der Waals surface area contributed by atoms with Gasteiger partial charge in [0.2, 0.25) is 0 Å². The molecule has 1 heterocycles. The fraction of sp³-hybridized carbons (Fsp3) is 0.182. The molecule has 15 heavy (non-hydrogen) atoms. The van der Waals surface area contributed by atoms with Crippen molar-refractivity contribution in [2.75, 3.05) is 5.88 Å². The van der Waals surface area contributed by atoms with Crippen molar-refractivity contribution in [2.24, 2.45) is 0 Å². The van der Waals surface area contributed by atoms with E-state index >= 15 is 0 Å². The number of alkyl halides is 1. The lowest BCUT2D eigenvalue weighted by atomic mass is 10.2. The number of hydrogen-bond donors (Lipinski definition) is 0. The summed E-state index contributed by atoms with van der Waals surface area (Å²) in [5.74, 6) is 0.129. The molecule has 1 aromatic heterocycles. The molecular weight excluding hydrogens is 251 g/mol. The highest BCUT2D eigenvalue weighted by molar-refractivity contribution is 7.19. The van der Waals surface area contributed by atoms with Gasteiger partial charge in [-0.05, 0) is 29.7 Å². The Morgan fingerprint density at radius 3 is 2.87 bits per heavy atom. The van der Waals surface area contributed by atoms with Crippen LogP contribution >= 0.6 is 34.5 Å². The predicted octanol–water partition coefficient (Wildman–Crippen LogP) is 3.91. The largest absolute Gasteiger partial charge is 0.298 e. The average Bonchev–Trinajstić information content (AvgIpc) is 2.59. The maximum Gasteiger partial charge on any atom is 0.152 e. The summed E-state index contributed by atoms with van der Waals surface area (Å²) in [5.41, 5.74) is 0. The number of halogens is 2. The van der Waals surface area contributed by atoms with E-state index in [2.05, 4.69) is 0 Å². The molecule has 1 nitrogen and oxygen atoms in total. The summed E-state index contributed by atoms with van der Waals surface area (Å²) < 4.78 is 1.15. The van der Waals surface area contributed by atoms with E-state index in [9.17, 15) is 4.79 Å².